The zero-order valence-corrected chi connectivity index (χ0v) is 20.3. The molecule has 3 heterocycles. The van der Waals surface area contributed by atoms with Gasteiger partial charge in [0.25, 0.3) is 0 Å². The van der Waals surface area contributed by atoms with E-state index in [4.69, 9.17) is 4.74 Å². The molecule has 2 aromatic heterocycles. The molecule has 0 bridgehead atoms. The molecule has 1 saturated heterocycles. The summed E-state index contributed by atoms with van der Waals surface area (Å²) in [7, 11) is 0. The number of carbonyl (C=O) groups is 2. The Balaban J connectivity index is 1.51. The number of nitrogens with one attached hydrogen (secondary N) is 1. The van der Waals surface area contributed by atoms with E-state index in [-0.39, 0.29) is 23.2 Å². The number of halogens is 4. The summed E-state index contributed by atoms with van der Waals surface area (Å²) >= 11 is 0. The molecule has 1 aliphatic heterocycles. The first kappa shape index (κ1) is 27.1. The van der Waals surface area contributed by atoms with E-state index in [1.54, 1.807) is 25.1 Å². The summed E-state index contributed by atoms with van der Waals surface area (Å²) < 4.78 is 62.2. The van der Waals surface area contributed by atoms with Gasteiger partial charge in [-0.3, -0.25) is 19.5 Å². The molecule has 0 saturated carbocycles. The smallest absolute Gasteiger partial charge is 0.404 e. The number of alkyl halides is 3. The van der Waals surface area contributed by atoms with Gasteiger partial charge < -0.3 is 14.8 Å². The lowest BCUT2D eigenvalue weighted by Crippen LogP contribution is -2.47. The maximum Gasteiger partial charge on any atom is 0.573 e. The number of anilines is 1. The summed E-state index contributed by atoms with van der Waals surface area (Å²) in [6, 6.07) is 8.92. The van der Waals surface area contributed by atoms with Crippen molar-refractivity contribution in [3.05, 3.63) is 71.9 Å². The molecule has 0 aliphatic carbocycles. The van der Waals surface area contributed by atoms with Gasteiger partial charge in [0.1, 0.15) is 0 Å². The Kier molecular flexibility index (Phi) is 8.32. The van der Waals surface area contributed by atoms with Crippen LogP contribution < -0.4 is 10.1 Å². The van der Waals surface area contributed by atoms with Gasteiger partial charge in [0.05, 0.1) is 36.2 Å². The van der Waals surface area contributed by atoms with Crippen LogP contribution in [0.5, 0.6) is 5.75 Å². The summed E-state index contributed by atoms with van der Waals surface area (Å²) in [6.45, 7) is 3.51. The monoisotopic (exact) mass is 532 g/mol. The minimum absolute atomic E-state index is 0.0660. The van der Waals surface area contributed by atoms with E-state index in [1.165, 1.54) is 24.5 Å². The molecule has 38 heavy (non-hydrogen) atoms. The van der Waals surface area contributed by atoms with Crippen molar-refractivity contribution in [2.24, 2.45) is 0 Å². The van der Waals surface area contributed by atoms with Gasteiger partial charge in [-0.1, -0.05) is 6.07 Å². The first-order valence-corrected chi connectivity index (χ1v) is 11.7. The number of rotatable bonds is 8. The number of amides is 1. The number of carbonyl (C=O) groups excluding carboxylic acids is 2. The zero-order chi connectivity index (χ0) is 27.3. The van der Waals surface area contributed by atoms with Crippen molar-refractivity contribution < 1.29 is 36.6 Å². The second-order valence-corrected chi connectivity index (χ2v) is 8.57. The summed E-state index contributed by atoms with van der Waals surface area (Å²) in [5.41, 5.74) is 0.831. The fraction of sp³-hybridized carbons (Fsp3) is 0.308. The van der Waals surface area contributed by atoms with Crippen LogP contribution in [0, 0.1) is 5.95 Å². The normalized spacial score (nSPS) is 15.1. The standard InChI is InChI=1S/C26H24F4N4O4/c1-16(34-9-11-37-12-10-34)25(36)33-21-14-18(5-7-23(21)38-26(28,29)30)22(35)13-17-4-6-20(32-15-17)19-3-2-8-31-24(19)27/h2-8,14-16H,9-13H2,1H3,(H,33,36). The summed E-state index contributed by atoms with van der Waals surface area (Å²) in [4.78, 5) is 35.4. The van der Waals surface area contributed by atoms with Gasteiger partial charge in [0, 0.05) is 37.5 Å². The van der Waals surface area contributed by atoms with Crippen LogP contribution in [0.15, 0.2) is 54.9 Å². The Bertz CT molecular complexity index is 1300. The Morgan fingerprint density at radius 1 is 1.13 bits per heavy atom. The minimum atomic E-state index is -5.00. The number of ketones is 1. The molecule has 1 amide bonds. The largest absolute Gasteiger partial charge is 0.573 e. The van der Waals surface area contributed by atoms with Crippen LogP contribution in [0.3, 0.4) is 0 Å². The molecule has 0 spiro atoms. The van der Waals surface area contributed by atoms with Crippen molar-refractivity contribution in [3.63, 3.8) is 0 Å². The lowest BCUT2D eigenvalue weighted by Gasteiger charge is -2.31. The zero-order valence-electron chi connectivity index (χ0n) is 20.3. The van der Waals surface area contributed by atoms with E-state index in [0.717, 1.165) is 12.1 Å². The van der Waals surface area contributed by atoms with Crippen LogP contribution in [0.2, 0.25) is 0 Å². The Morgan fingerprint density at radius 2 is 1.89 bits per heavy atom. The quantitative estimate of drug-likeness (QED) is 0.263. The second-order valence-electron chi connectivity index (χ2n) is 8.57. The van der Waals surface area contributed by atoms with E-state index in [2.05, 4.69) is 20.0 Å². The third-order valence-electron chi connectivity index (χ3n) is 5.98. The predicted molar refractivity (Wildman–Crippen MR) is 129 cm³/mol. The fourth-order valence-electron chi connectivity index (χ4n) is 3.94. The molecule has 3 aromatic rings. The topological polar surface area (TPSA) is 93.7 Å². The van der Waals surface area contributed by atoms with E-state index in [9.17, 15) is 27.2 Å². The van der Waals surface area contributed by atoms with Gasteiger partial charge in [-0.05, 0) is 48.9 Å². The second kappa shape index (κ2) is 11.7. The first-order valence-electron chi connectivity index (χ1n) is 11.7. The van der Waals surface area contributed by atoms with Crippen molar-refractivity contribution in [1.29, 1.82) is 0 Å². The lowest BCUT2D eigenvalue weighted by atomic mass is 10.0. The number of Topliss-reactive ketones (excluding diaryl/α,β-unsaturated/α-hetero) is 1. The first-order chi connectivity index (χ1) is 18.1. The van der Waals surface area contributed by atoms with Crippen LogP contribution in [-0.2, 0) is 16.0 Å². The molecule has 1 aromatic carbocycles. The molecule has 1 N–H and O–H groups in total. The molecule has 0 radical (unpaired) electrons. The molecule has 1 unspecified atom stereocenters. The molecule has 8 nitrogen and oxygen atoms in total. The number of hydrogen-bond acceptors (Lipinski definition) is 7. The van der Waals surface area contributed by atoms with Gasteiger partial charge in [-0.25, -0.2) is 4.98 Å². The Hall–Kier alpha value is -3.90. The third-order valence-corrected chi connectivity index (χ3v) is 5.98. The Labute approximate surface area is 215 Å². The summed E-state index contributed by atoms with van der Waals surface area (Å²) in [5.74, 6) is -2.29. The lowest BCUT2D eigenvalue weighted by molar-refractivity contribution is -0.274. The van der Waals surface area contributed by atoms with Gasteiger partial charge in [-0.15, -0.1) is 13.2 Å². The highest BCUT2D eigenvalue weighted by molar-refractivity contribution is 6.01. The highest BCUT2D eigenvalue weighted by atomic mass is 19.4. The van der Waals surface area contributed by atoms with Gasteiger partial charge >= 0.3 is 6.36 Å². The number of pyridine rings is 2. The maximum absolute atomic E-state index is 13.9. The van der Waals surface area contributed by atoms with Gasteiger partial charge in [-0.2, -0.15) is 4.39 Å². The maximum atomic E-state index is 13.9. The predicted octanol–water partition coefficient (Wildman–Crippen LogP) is 4.27. The number of morpholine rings is 1. The summed E-state index contributed by atoms with van der Waals surface area (Å²) in [6.07, 6.45) is -2.40. The molecular formula is C26H24F4N4O4. The molecule has 1 fully saturated rings. The van der Waals surface area contributed by atoms with Crippen molar-refractivity contribution in [2.45, 2.75) is 25.7 Å². The molecule has 200 valence electrons. The number of nitrogens with zero attached hydrogens (tertiary/aromatic N) is 3. The number of hydrogen-bond donors (Lipinski definition) is 1. The molecule has 1 aliphatic rings. The van der Waals surface area contributed by atoms with Crippen LogP contribution in [0.4, 0.5) is 23.2 Å². The Morgan fingerprint density at radius 3 is 2.55 bits per heavy atom. The van der Waals surface area contributed by atoms with E-state index in [1.807, 2.05) is 4.90 Å². The molecular weight excluding hydrogens is 508 g/mol. The molecule has 4 rings (SSSR count). The average molecular weight is 532 g/mol. The minimum Gasteiger partial charge on any atom is -0.404 e. The van der Waals surface area contributed by atoms with Crippen LogP contribution in [-0.4, -0.2) is 65.3 Å². The van der Waals surface area contributed by atoms with Gasteiger partial charge in [0.2, 0.25) is 11.9 Å². The molecule has 1 atom stereocenters. The van der Waals surface area contributed by atoms with Crippen molar-refractivity contribution >= 4 is 17.4 Å². The fourth-order valence-corrected chi connectivity index (χ4v) is 3.94. The highest BCUT2D eigenvalue weighted by Gasteiger charge is 2.33. The molecule has 12 heteroatoms. The van der Waals surface area contributed by atoms with Gasteiger partial charge in [0.15, 0.2) is 11.5 Å². The summed E-state index contributed by atoms with van der Waals surface area (Å²) in [5, 5.41) is 2.47. The van der Waals surface area contributed by atoms with E-state index < -0.39 is 35.8 Å². The number of aromatic nitrogens is 2. The highest BCUT2D eigenvalue weighted by Crippen LogP contribution is 2.32. The van der Waals surface area contributed by atoms with Crippen molar-refractivity contribution in [2.75, 3.05) is 31.6 Å². The van der Waals surface area contributed by atoms with Crippen LogP contribution in [0.1, 0.15) is 22.8 Å². The third kappa shape index (κ3) is 6.90. The van der Waals surface area contributed by atoms with Crippen LogP contribution in [0.25, 0.3) is 11.3 Å². The van der Waals surface area contributed by atoms with E-state index >= 15 is 0 Å². The van der Waals surface area contributed by atoms with E-state index in [0.29, 0.717) is 37.6 Å². The number of ether oxygens (including phenoxy) is 2. The van der Waals surface area contributed by atoms with Crippen LogP contribution >= 0.6 is 0 Å². The SMILES string of the molecule is CC(C(=O)Nc1cc(C(=O)Cc2ccc(-c3cccnc3F)nc2)ccc1OC(F)(F)F)N1CCOCC1. The average Bonchev–Trinajstić information content (AvgIpc) is 2.89. The van der Waals surface area contributed by atoms with Crippen molar-refractivity contribution in [3.8, 4) is 17.0 Å². The number of benzene rings is 1. The van der Waals surface area contributed by atoms with Crippen molar-refractivity contribution in [1.82, 2.24) is 14.9 Å².